The van der Waals surface area contributed by atoms with Crippen molar-refractivity contribution >= 4 is 11.9 Å². The van der Waals surface area contributed by atoms with Crippen molar-refractivity contribution in [1.82, 2.24) is 10.4 Å². The van der Waals surface area contributed by atoms with Gasteiger partial charge < -0.3 is 5.32 Å². The molecule has 5 nitrogen and oxygen atoms in total. The normalized spacial score (nSPS) is 15.6. The number of carbonyl (C=O) groups is 2. The van der Waals surface area contributed by atoms with Gasteiger partial charge >= 0.3 is 6.03 Å². The Morgan fingerprint density at radius 2 is 2.00 bits per heavy atom. The molecule has 0 unspecified atom stereocenters. The van der Waals surface area contributed by atoms with Crippen molar-refractivity contribution in [2.24, 2.45) is 0 Å². The lowest BCUT2D eigenvalue weighted by molar-refractivity contribution is -0.165. The van der Waals surface area contributed by atoms with Crippen LogP contribution in [0, 0.1) is 0 Å². The first kappa shape index (κ1) is 9.67. The number of imide groups is 1. The molecule has 2 rings (SSSR count). The molecule has 1 aliphatic rings. The van der Waals surface area contributed by atoms with Gasteiger partial charge in [-0.05, 0) is 5.56 Å². The fourth-order valence-corrected chi connectivity index (χ4v) is 1.25. The highest BCUT2D eigenvalue weighted by Gasteiger charge is 2.29. The van der Waals surface area contributed by atoms with Gasteiger partial charge in [0.25, 0.3) is 5.91 Å². The number of hydroxylamine groups is 2. The zero-order chi connectivity index (χ0) is 10.7. The van der Waals surface area contributed by atoms with E-state index in [1.807, 2.05) is 30.3 Å². The van der Waals surface area contributed by atoms with E-state index in [1.165, 1.54) is 0 Å². The molecule has 1 heterocycles. The van der Waals surface area contributed by atoms with Crippen molar-refractivity contribution in [2.45, 2.75) is 6.61 Å². The summed E-state index contributed by atoms with van der Waals surface area (Å²) in [4.78, 5) is 27.3. The summed E-state index contributed by atoms with van der Waals surface area (Å²) in [7, 11) is 0. The number of hydrogen-bond donors (Lipinski definition) is 1. The van der Waals surface area contributed by atoms with E-state index < -0.39 is 6.03 Å². The van der Waals surface area contributed by atoms with E-state index in [1.54, 1.807) is 0 Å². The van der Waals surface area contributed by atoms with E-state index in [-0.39, 0.29) is 19.1 Å². The monoisotopic (exact) mass is 206 g/mol. The van der Waals surface area contributed by atoms with Crippen LogP contribution in [-0.2, 0) is 16.2 Å². The Hall–Kier alpha value is -1.88. The van der Waals surface area contributed by atoms with E-state index in [0.717, 1.165) is 10.6 Å². The zero-order valence-electron chi connectivity index (χ0n) is 7.97. The van der Waals surface area contributed by atoms with Crippen LogP contribution in [0.5, 0.6) is 0 Å². The van der Waals surface area contributed by atoms with E-state index in [2.05, 4.69) is 5.32 Å². The van der Waals surface area contributed by atoms with Gasteiger partial charge in [0.15, 0.2) is 0 Å². The molecule has 0 atom stereocenters. The van der Waals surface area contributed by atoms with Gasteiger partial charge in [0.1, 0.15) is 13.2 Å². The predicted octanol–water partition coefficient (Wildman–Crippen LogP) is 0.670. The topological polar surface area (TPSA) is 58.6 Å². The molecule has 5 heteroatoms. The molecule has 1 fully saturated rings. The minimum absolute atomic E-state index is 0.00756. The van der Waals surface area contributed by atoms with Crippen LogP contribution in [0.2, 0.25) is 0 Å². The van der Waals surface area contributed by atoms with Crippen molar-refractivity contribution in [1.29, 1.82) is 0 Å². The van der Waals surface area contributed by atoms with Gasteiger partial charge in [-0.2, -0.15) is 0 Å². The van der Waals surface area contributed by atoms with E-state index in [0.29, 0.717) is 0 Å². The quantitative estimate of drug-likeness (QED) is 0.739. The minimum atomic E-state index is -0.504. The van der Waals surface area contributed by atoms with Crippen LogP contribution in [0.3, 0.4) is 0 Å². The predicted molar refractivity (Wildman–Crippen MR) is 51.5 cm³/mol. The van der Waals surface area contributed by atoms with Gasteiger partial charge in [-0.15, -0.1) is 5.06 Å². The second kappa shape index (κ2) is 4.10. The summed E-state index contributed by atoms with van der Waals surface area (Å²) >= 11 is 0. The van der Waals surface area contributed by atoms with Crippen LogP contribution in [0.25, 0.3) is 0 Å². The van der Waals surface area contributed by atoms with Crippen LogP contribution < -0.4 is 5.32 Å². The maximum absolute atomic E-state index is 11.1. The summed E-state index contributed by atoms with van der Waals surface area (Å²) in [6, 6.07) is 8.83. The fraction of sp³-hybridized carbons (Fsp3) is 0.200. The molecule has 1 aliphatic heterocycles. The summed E-state index contributed by atoms with van der Waals surface area (Å²) in [5, 5.41) is 3.13. The summed E-state index contributed by atoms with van der Waals surface area (Å²) < 4.78 is 0. The second-order valence-corrected chi connectivity index (χ2v) is 3.11. The molecule has 1 saturated heterocycles. The van der Waals surface area contributed by atoms with Crippen LogP contribution in [-0.4, -0.2) is 23.5 Å². The Bertz CT molecular complexity index is 362. The van der Waals surface area contributed by atoms with Crippen molar-refractivity contribution in [3.8, 4) is 0 Å². The van der Waals surface area contributed by atoms with Crippen molar-refractivity contribution in [2.75, 3.05) is 6.54 Å². The summed E-state index contributed by atoms with van der Waals surface area (Å²) in [6.07, 6.45) is 0. The number of amides is 3. The molecule has 0 spiro atoms. The van der Waals surface area contributed by atoms with Crippen molar-refractivity contribution in [3.63, 3.8) is 0 Å². The molecule has 0 radical (unpaired) electrons. The van der Waals surface area contributed by atoms with E-state index in [9.17, 15) is 9.59 Å². The molecule has 78 valence electrons. The molecule has 1 aromatic carbocycles. The maximum atomic E-state index is 11.1. The molecular formula is C10H10N2O3. The Labute approximate surface area is 86.6 Å². The third kappa shape index (κ3) is 2.13. The van der Waals surface area contributed by atoms with Gasteiger partial charge in [-0.25, -0.2) is 4.79 Å². The lowest BCUT2D eigenvalue weighted by Gasteiger charge is -2.11. The maximum Gasteiger partial charge on any atom is 0.349 e. The highest BCUT2D eigenvalue weighted by Crippen LogP contribution is 2.05. The molecule has 1 N–H and O–H groups in total. The number of hydrogen-bond acceptors (Lipinski definition) is 3. The second-order valence-electron chi connectivity index (χ2n) is 3.11. The molecule has 0 aromatic heterocycles. The third-order valence-electron chi connectivity index (χ3n) is 2.00. The Morgan fingerprint density at radius 3 is 2.60 bits per heavy atom. The smallest absolute Gasteiger partial charge is 0.327 e. The lowest BCUT2D eigenvalue weighted by atomic mass is 10.2. The number of nitrogens with zero attached hydrogens (tertiary/aromatic N) is 1. The molecular weight excluding hydrogens is 196 g/mol. The Kier molecular flexibility index (Phi) is 2.64. The Balaban J connectivity index is 1.93. The number of nitrogens with one attached hydrogen (secondary N) is 1. The van der Waals surface area contributed by atoms with E-state index in [4.69, 9.17) is 4.84 Å². The number of rotatable bonds is 3. The SMILES string of the molecule is O=C1CNC(=O)N1OCc1ccccc1. The number of benzene rings is 1. The number of carbonyl (C=O) groups excluding carboxylic acids is 2. The first-order valence-corrected chi connectivity index (χ1v) is 4.55. The molecule has 1 aromatic rings. The fourth-order valence-electron chi connectivity index (χ4n) is 1.25. The van der Waals surface area contributed by atoms with Crippen molar-refractivity contribution in [3.05, 3.63) is 35.9 Å². The first-order chi connectivity index (χ1) is 7.27. The summed E-state index contributed by atoms with van der Waals surface area (Å²) in [5.74, 6) is -0.365. The van der Waals surface area contributed by atoms with Gasteiger partial charge in [0, 0.05) is 0 Å². The Morgan fingerprint density at radius 1 is 1.27 bits per heavy atom. The van der Waals surface area contributed by atoms with E-state index >= 15 is 0 Å². The average Bonchev–Trinajstić information content (AvgIpc) is 2.58. The summed E-state index contributed by atoms with van der Waals surface area (Å²) in [6.45, 7) is 0.216. The van der Waals surface area contributed by atoms with Gasteiger partial charge in [0.05, 0.1) is 0 Å². The largest absolute Gasteiger partial charge is 0.349 e. The van der Waals surface area contributed by atoms with Gasteiger partial charge in [-0.1, -0.05) is 30.3 Å². The molecule has 0 bridgehead atoms. The molecule has 15 heavy (non-hydrogen) atoms. The van der Waals surface area contributed by atoms with Crippen LogP contribution in [0.15, 0.2) is 30.3 Å². The van der Waals surface area contributed by atoms with Crippen LogP contribution in [0.4, 0.5) is 4.79 Å². The van der Waals surface area contributed by atoms with Gasteiger partial charge in [-0.3, -0.25) is 9.63 Å². The highest BCUT2D eigenvalue weighted by molar-refractivity contribution is 6.00. The third-order valence-corrected chi connectivity index (χ3v) is 2.00. The standard InChI is InChI=1S/C10H10N2O3/c13-9-6-11-10(14)12(9)15-7-8-4-2-1-3-5-8/h1-5H,6-7H2,(H,11,14). The first-order valence-electron chi connectivity index (χ1n) is 4.55. The summed E-state index contributed by atoms with van der Waals surface area (Å²) in [5.41, 5.74) is 0.907. The number of urea groups is 1. The lowest BCUT2D eigenvalue weighted by Crippen LogP contribution is -2.30. The van der Waals surface area contributed by atoms with Crippen LogP contribution in [0.1, 0.15) is 5.56 Å². The van der Waals surface area contributed by atoms with Gasteiger partial charge in [0.2, 0.25) is 0 Å². The molecule has 0 saturated carbocycles. The highest BCUT2D eigenvalue weighted by atomic mass is 16.7. The minimum Gasteiger partial charge on any atom is -0.327 e. The molecule has 0 aliphatic carbocycles. The average molecular weight is 206 g/mol. The van der Waals surface area contributed by atoms with Crippen molar-refractivity contribution < 1.29 is 14.4 Å². The van der Waals surface area contributed by atoms with Crippen LogP contribution >= 0.6 is 0 Å². The zero-order valence-corrected chi connectivity index (χ0v) is 7.97. The molecule has 3 amide bonds.